The first-order valence-electron chi connectivity index (χ1n) is 10.3. The molecule has 0 radical (unpaired) electrons. The second-order valence-electron chi connectivity index (χ2n) is 7.77. The normalized spacial score (nSPS) is 14.9. The van der Waals surface area contributed by atoms with Crippen molar-refractivity contribution < 1.29 is 19.3 Å². The highest BCUT2D eigenvalue weighted by Gasteiger charge is 2.23. The van der Waals surface area contributed by atoms with Crippen LogP contribution in [0.5, 0.6) is 5.88 Å². The number of ether oxygens (including phenoxy) is 1. The van der Waals surface area contributed by atoms with Crippen LogP contribution in [0.15, 0.2) is 29.3 Å². The molecule has 0 aliphatic carbocycles. The van der Waals surface area contributed by atoms with Crippen molar-refractivity contribution >= 4 is 30.7 Å². The van der Waals surface area contributed by atoms with Crippen LogP contribution in [-0.2, 0) is 6.54 Å². The Kier molecular flexibility index (Phi) is 6.78. The van der Waals surface area contributed by atoms with E-state index in [4.69, 9.17) is 14.5 Å². The van der Waals surface area contributed by atoms with Crippen molar-refractivity contribution in [3.05, 3.63) is 40.6 Å². The van der Waals surface area contributed by atoms with Gasteiger partial charge in [-0.15, -0.1) is 0 Å². The van der Waals surface area contributed by atoms with Crippen molar-refractivity contribution in [3.63, 3.8) is 0 Å². The number of ketones is 1. The van der Waals surface area contributed by atoms with E-state index in [1.165, 1.54) is 13.3 Å². The summed E-state index contributed by atoms with van der Waals surface area (Å²) in [6, 6.07) is 3.35. The smallest absolute Gasteiger partial charge is 0.280 e. The van der Waals surface area contributed by atoms with Crippen LogP contribution in [0.25, 0.3) is 10.8 Å². The van der Waals surface area contributed by atoms with E-state index in [0.29, 0.717) is 29.0 Å². The van der Waals surface area contributed by atoms with E-state index in [9.17, 15) is 9.59 Å². The number of pyridine rings is 1. The summed E-state index contributed by atoms with van der Waals surface area (Å²) in [5.41, 5.74) is -0.147. The van der Waals surface area contributed by atoms with Crippen LogP contribution >= 0.6 is 8.38 Å². The summed E-state index contributed by atoms with van der Waals surface area (Å²) in [6.07, 6.45) is 6.13. The molecular weight excluding hydrogens is 435 g/mol. The maximum absolute atomic E-state index is 13.0. The Morgan fingerprint density at radius 1 is 1.34 bits per heavy atom. The van der Waals surface area contributed by atoms with Crippen LogP contribution in [0, 0.1) is 5.92 Å². The molecule has 1 fully saturated rings. The van der Waals surface area contributed by atoms with Gasteiger partial charge in [0.25, 0.3) is 5.56 Å². The van der Waals surface area contributed by atoms with E-state index in [1.807, 2.05) is 6.07 Å². The minimum Gasteiger partial charge on any atom is -0.480 e. The molecule has 3 N–H and O–H groups in total. The van der Waals surface area contributed by atoms with Gasteiger partial charge in [-0.2, -0.15) is 15.2 Å². The summed E-state index contributed by atoms with van der Waals surface area (Å²) in [7, 11) is -0.378. The Bertz CT molecular complexity index is 1140. The van der Waals surface area contributed by atoms with Crippen molar-refractivity contribution in [1.82, 2.24) is 25.0 Å². The molecule has 1 aliphatic heterocycles. The van der Waals surface area contributed by atoms with Crippen molar-refractivity contribution in [3.8, 4) is 5.88 Å². The van der Waals surface area contributed by atoms with Crippen molar-refractivity contribution in [2.24, 2.45) is 5.92 Å². The zero-order chi connectivity index (χ0) is 22.7. The Balaban J connectivity index is 1.56. The third-order valence-electron chi connectivity index (χ3n) is 5.75. The number of nitrogens with zero attached hydrogens (tertiary/aromatic N) is 5. The second kappa shape index (κ2) is 9.72. The van der Waals surface area contributed by atoms with Crippen LogP contribution < -0.4 is 15.2 Å². The van der Waals surface area contributed by atoms with Gasteiger partial charge in [0, 0.05) is 30.8 Å². The van der Waals surface area contributed by atoms with Gasteiger partial charge < -0.3 is 19.4 Å². The number of nitrogens with one attached hydrogen (secondary N) is 1. The highest BCUT2D eigenvalue weighted by Crippen LogP contribution is 2.32. The molecule has 1 aliphatic rings. The summed E-state index contributed by atoms with van der Waals surface area (Å²) in [5.74, 6) is 1.05. The molecule has 0 amide bonds. The Morgan fingerprint density at radius 3 is 2.78 bits per heavy atom. The summed E-state index contributed by atoms with van der Waals surface area (Å²) in [6.45, 7) is 1.34. The molecular formula is C20H25N6O5P. The Labute approximate surface area is 185 Å². The van der Waals surface area contributed by atoms with Gasteiger partial charge in [-0.1, -0.05) is 0 Å². The molecule has 4 heterocycles. The lowest BCUT2D eigenvalue weighted by molar-refractivity contribution is 0.0961. The number of H-pyrrole nitrogens is 1. The van der Waals surface area contributed by atoms with E-state index in [-0.39, 0.29) is 23.6 Å². The summed E-state index contributed by atoms with van der Waals surface area (Å²) < 4.78 is 6.52. The third-order valence-corrected chi connectivity index (χ3v) is 6.41. The second-order valence-corrected chi connectivity index (χ2v) is 8.96. The van der Waals surface area contributed by atoms with Gasteiger partial charge in [0.1, 0.15) is 23.4 Å². The van der Waals surface area contributed by atoms with Crippen LogP contribution in [-0.4, -0.2) is 66.9 Å². The maximum Gasteiger partial charge on any atom is 0.280 e. The average Bonchev–Trinajstić information content (AvgIpc) is 3.34. The first kappa shape index (κ1) is 22.3. The molecule has 32 heavy (non-hydrogen) atoms. The SMILES string of the molecule is COc1nc(N2CCC(CCP(O)O)CC2)cc2cnn(CC(=O)c3ccn[nH]3)c(=O)c12. The number of hydrogen-bond donors (Lipinski definition) is 3. The number of aromatic nitrogens is 5. The lowest BCUT2D eigenvalue weighted by Gasteiger charge is -2.33. The predicted octanol–water partition coefficient (Wildman–Crippen LogP) is 1.31. The van der Waals surface area contributed by atoms with Crippen LogP contribution in [0.2, 0.25) is 0 Å². The van der Waals surface area contributed by atoms with Gasteiger partial charge in [0.2, 0.25) is 11.7 Å². The highest BCUT2D eigenvalue weighted by atomic mass is 31.2. The van der Waals surface area contributed by atoms with Crippen LogP contribution in [0.1, 0.15) is 29.8 Å². The highest BCUT2D eigenvalue weighted by molar-refractivity contribution is 7.45. The van der Waals surface area contributed by atoms with Gasteiger partial charge in [0.05, 0.1) is 13.3 Å². The number of fused-ring (bicyclic) bond motifs is 1. The van der Waals surface area contributed by atoms with Gasteiger partial charge in [0.15, 0.2) is 8.38 Å². The number of rotatable bonds is 8. The van der Waals surface area contributed by atoms with Crippen molar-refractivity contribution in [1.29, 1.82) is 0 Å². The lowest BCUT2D eigenvalue weighted by Crippen LogP contribution is -2.34. The average molecular weight is 460 g/mol. The number of carbonyl (C=O) groups is 1. The van der Waals surface area contributed by atoms with Gasteiger partial charge in [-0.25, -0.2) is 4.68 Å². The predicted molar refractivity (Wildman–Crippen MR) is 119 cm³/mol. The molecule has 0 saturated carbocycles. The van der Waals surface area contributed by atoms with E-state index >= 15 is 0 Å². The number of anilines is 1. The first-order valence-corrected chi connectivity index (χ1v) is 11.8. The number of piperidine rings is 1. The first-order chi connectivity index (χ1) is 15.5. The maximum atomic E-state index is 13.0. The number of hydrogen-bond acceptors (Lipinski definition) is 9. The molecule has 11 nitrogen and oxygen atoms in total. The minimum absolute atomic E-state index is 0.195. The van der Waals surface area contributed by atoms with E-state index in [0.717, 1.165) is 37.0 Å². The Hall–Kier alpha value is -2.88. The molecule has 12 heteroatoms. The van der Waals surface area contributed by atoms with Gasteiger partial charge in [-0.05, 0) is 37.3 Å². The number of aromatic amines is 1. The molecule has 0 unspecified atom stereocenters. The van der Waals surface area contributed by atoms with E-state index in [2.05, 4.69) is 25.2 Å². The topological polar surface area (TPSA) is 146 Å². The standard InChI is InChI=1S/C20H25N6O5P/c1-31-19-18-14(11-22-26(20(18)28)12-16(27)15-2-6-21-24-15)10-17(23-19)25-7-3-13(4-8-25)5-9-32(29)30/h2,6,10-11,13,29-30H,3-5,7-9,12H2,1H3,(H,21,24). The molecule has 1 saturated heterocycles. The van der Waals surface area contributed by atoms with Crippen molar-refractivity contribution in [2.75, 3.05) is 31.3 Å². The lowest BCUT2D eigenvalue weighted by atomic mass is 9.94. The Morgan fingerprint density at radius 2 is 2.12 bits per heavy atom. The zero-order valence-corrected chi connectivity index (χ0v) is 18.5. The summed E-state index contributed by atoms with van der Waals surface area (Å²) in [4.78, 5) is 50.3. The number of methoxy groups -OCH3 is 1. The molecule has 0 aromatic carbocycles. The van der Waals surface area contributed by atoms with Crippen molar-refractivity contribution in [2.45, 2.75) is 25.8 Å². The fourth-order valence-corrected chi connectivity index (χ4v) is 4.56. The van der Waals surface area contributed by atoms with E-state index in [1.54, 1.807) is 12.3 Å². The number of Topliss-reactive ketones (excluding diaryl/α,β-unsaturated/α-hetero) is 1. The largest absolute Gasteiger partial charge is 0.480 e. The molecule has 4 rings (SSSR count). The van der Waals surface area contributed by atoms with Gasteiger partial charge in [-0.3, -0.25) is 14.7 Å². The molecule has 3 aromatic heterocycles. The monoisotopic (exact) mass is 460 g/mol. The number of carbonyl (C=O) groups excluding carboxylic acids is 1. The zero-order valence-electron chi connectivity index (χ0n) is 17.6. The molecule has 170 valence electrons. The molecule has 0 spiro atoms. The van der Waals surface area contributed by atoms with Crippen LogP contribution in [0.3, 0.4) is 0 Å². The summed E-state index contributed by atoms with van der Waals surface area (Å²) in [5, 5.41) is 11.4. The fourth-order valence-electron chi connectivity index (χ4n) is 3.96. The van der Waals surface area contributed by atoms with E-state index < -0.39 is 13.9 Å². The third kappa shape index (κ3) is 4.79. The molecule has 0 bridgehead atoms. The fraction of sp³-hybridized carbons (Fsp3) is 0.450. The molecule has 3 aromatic rings. The quantitative estimate of drug-likeness (QED) is 0.334. The summed E-state index contributed by atoms with van der Waals surface area (Å²) >= 11 is 0. The minimum atomic E-state index is -1.84. The molecule has 0 atom stereocenters. The van der Waals surface area contributed by atoms with Gasteiger partial charge >= 0.3 is 0 Å². The van der Waals surface area contributed by atoms with Crippen LogP contribution in [0.4, 0.5) is 5.82 Å².